The van der Waals surface area contributed by atoms with Gasteiger partial charge in [0.1, 0.15) is 11.4 Å². The topological polar surface area (TPSA) is 48.4 Å². The normalized spacial score (nSPS) is 10.9. The number of halogens is 1. The molecule has 0 spiro atoms. The van der Waals surface area contributed by atoms with E-state index in [1.54, 1.807) is 12.1 Å². The van der Waals surface area contributed by atoms with Crippen LogP contribution in [0.2, 0.25) is 0 Å². The highest BCUT2D eigenvalue weighted by molar-refractivity contribution is 5.77. The maximum atomic E-state index is 13.2. The second-order valence-corrected chi connectivity index (χ2v) is 2.71. The molecule has 0 saturated carbocycles. The maximum Gasteiger partial charge on any atom is 0.136 e. The van der Waals surface area contributed by atoms with E-state index in [4.69, 9.17) is 10.3 Å². The molecule has 68 valence electrons. The van der Waals surface area contributed by atoms with Crippen LogP contribution >= 0.6 is 0 Å². The van der Waals surface area contributed by atoms with E-state index in [0.717, 1.165) is 5.39 Å². The second-order valence-electron chi connectivity index (χ2n) is 2.71. The van der Waals surface area contributed by atoms with Crippen molar-refractivity contribution in [3.8, 4) is 0 Å². The first-order chi connectivity index (χ1) is 6.31. The third-order valence-corrected chi connectivity index (χ3v) is 1.86. The molecule has 1 heterocycles. The van der Waals surface area contributed by atoms with Gasteiger partial charge in [0.2, 0.25) is 0 Å². The molecule has 1 aromatic carbocycles. The molecular weight excluding hydrogens is 173 g/mol. The molecule has 0 aliphatic heterocycles. The molecule has 3 nitrogen and oxygen atoms in total. The first kappa shape index (κ1) is 8.22. The first-order valence-electron chi connectivity index (χ1n) is 3.78. The van der Waals surface area contributed by atoms with Gasteiger partial charge in [0, 0.05) is 17.0 Å². The van der Waals surface area contributed by atoms with Gasteiger partial charge in [-0.05, 0) is 12.1 Å². The summed E-state index contributed by atoms with van der Waals surface area (Å²) in [6.07, 6.45) is 1.51. The molecular formula is C9H8FNO2. The van der Waals surface area contributed by atoms with Gasteiger partial charge in [-0.3, -0.25) is 4.84 Å². The molecule has 2 aromatic rings. The zero-order valence-corrected chi connectivity index (χ0v) is 6.79. The summed E-state index contributed by atoms with van der Waals surface area (Å²) in [4.78, 5) is 4.36. The summed E-state index contributed by atoms with van der Waals surface area (Å²) in [5.74, 6) is 4.49. The molecule has 0 fully saturated rings. The summed E-state index contributed by atoms with van der Waals surface area (Å²) >= 11 is 0. The van der Waals surface area contributed by atoms with Gasteiger partial charge < -0.3 is 4.42 Å². The van der Waals surface area contributed by atoms with E-state index in [1.807, 2.05) is 0 Å². The van der Waals surface area contributed by atoms with Crippen molar-refractivity contribution in [3.05, 3.63) is 35.8 Å². The summed E-state index contributed by atoms with van der Waals surface area (Å²) in [5, 5.41) is 0.841. The molecule has 4 heteroatoms. The van der Waals surface area contributed by atoms with E-state index in [0.29, 0.717) is 11.1 Å². The van der Waals surface area contributed by atoms with Crippen molar-refractivity contribution in [2.45, 2.75) is 6.61 Å². The predicted octanol–water partition coefficient (Wildman–Crippen LogP) is 1.96. The van der Waals surface area contributed by atoms with Crippen molar-refractivity contribution >= 4 is 11.0 Å². The maximum absolute atomic E-state index is 13.2. The van der Waals surface area contributed by atoms with Gasteiger partial charge in [-0.2, -0.15) is 0 Å². The van der Waals surface area contributed by atoms with Crippen LogP contribution in [0.1, 0.15) is 5.56 Å². The molecule has 2 rings (SSSR count). The van der Waals surface area contributed by atoms with Gasteiger partial charge >= 0.3 is 0 Å². The SMILES string of the molecule is NOCc1cc2ccoc2cc1F. The van der Waals surface area contributed by atoms with Gasteiger partial charge in [0.25, 0.3) is 0 Å². The Morgan fingerprint density at radius 1 is 1.46 bits per heavy atom. The minimum absolute atomic E-state index is 0.0625. The van der Waals surface area contributed by atoms with Crippen LogP contribution in [0, 0.1) is 5.82 Å². The minimum atomic E-state index is -0.368. The van der Waals surface area contributed by atoms with Crippen molar-refractivity contribution in [1.82, 2.24) is 0 Å². The van der Waals surface area contributed by atoms with Crippen molar-refractivity contribution < 1.29 is 13.6 Å². The average Bonchev–Trinajstić information content (AvgIpc) is 2.52. The molecule has 0 aliphatic carbocycles. The van der Waals surface area contributed by atoms with E-state index in [-0.39, 0.29) is 12.4 Å². The molecule has 13 heavy (non-hydrogen) atoms. The lowest BCUT2D eigenvalue weighted by molar-refractivity contribution is 0.121. The number of hydrogen-bond donors (Lipinski definition) is 1. The Kier molecular flexibility index (Phi) is 2.00. The van der Waals surface area contributed by atoms with E-state index >= 15 is 0 Å². The summed E-state index contributed by atoms with van der Waals surface area (Å²) in [7, 11) is 0. The van der Waals surface area contributed by atoms with Crippen molar-refractivity contribution in [2.75, 3.05) is 0 Å². The van der Waals surface area contributed by atoms with Crippen LogP contribution in [-0.4, -0.2) is 0 Å². The predicted molar refractivity (Wildman–Crippen MR) is 45.1 cm³/mol. The Morgan fingerprint density at radius 3 is 3.08 bits per heavy atom. The molecule has 0 saturated heterocycles. The molecule has 0 atom stereocenters. The third-order valence-electron chi connectivity index (χ3n) is 1.86. The van der Waals surface area contributed by atoms with Crippen LogP contribution < -0.4 is 5.90 Å². The summed E-state index contributed by atoms with van der Waals surface area (Å²) < 4.78 is 18.2. The van der Waals surface area contributed by atoms with Crippen molar-refractivity contribution in [2.24, 2.45) is 5.90 Å². The van der Waals surface area contributed by atoms with Crippen molar-refractivity contribution in [3.63, 3.8) is 0 Å². The standard InChI is InChI=1S/C9H8FNO2/c10-8-4-9-6(1-2-12-9)3-7(8)5-13-11/h1-4H,5,11H2. The zero-order valence-electron chi connectivity index (χ0n) is 6.79. The lowest BCUT2D eigenvalue weighted by Crippen LogP contribution is -2.00. The van der Waals surface area contributed by atoms with Gasteiger partial charge in [0.05, 0.1) is 12.9 Å². The van der Waals surface area contributed by atoms with E-state index in [2.05, 4.69) is 4.84 Å². The number of rotatable bonds is 2. The van der Waals surface area contributed by atoms with Crippen LogP contribution in [0.3, 0.4) is 0 Å². The summed E-state index contributed by atoms with van der Waals surface area (Å²) in [6, 6.07) is 4.74. The highest BCUT2D eigenvalue weighted by Gasteiger charge is 2.05. The fraction of sp³-hybridized carbons (Fsp3) is 0.111. The summed E-state index contributed by atoms with van der Waals surface area (Å²) in [6.45, 7) is 0.0625. The monoisotopic (exact) mass is 181 g/mol. The van der Waals surface area contributed by atoms with Crippen LogP contribution in [0.5, 0.6) is 0 Å². The first-order valence-corrected chi connectivity index (χ1v) is 3.78. The molecule has 0 bridgehead atoms. The van der Waals surface area contributed by atoms with Gasteiger partial charge in [-0.1, -0.05) is 0 Å². The smallest absolute Gasteiger partial charge is 0.136 e. The Hall–Kier alpha value is -1.39. The Morgan fingerprint density at radius 2 is 2.31 bits per heavy atom. The quantitative estimate of drug-likeness (QED) is 0.720. The number of benzene rings is 1. The van der Waals surface area contributed by atoms with E-state index in [9.17, 15) is 4.39 Å². The number of nitrogens with two attached hydrogens (primary N) is 1. The zero-order chi connectivity index (χ0) is 9.26. The third kappa shape index (κ3) is 1.41. The van der Waals surface area contributed by atoms with Crippen molar-refractivity contribution in [1.29, 1.82) is 0 Å². The van der Waals surface area contributed by atoms with E-state index in [1.165, 1.54) is 12.3 Å². The lowest BCUT2D eigenvalue weighted by Gasteiger charge is -2.00. The number of hydrogen-bond acceptors (Lipinski definition) is 3. The Bertz CT molecular complexity index is 424. The molecule has 0 radical (unpaired) electrons. The van der Waals surface area contributed by atoms with Gasteiger partial charge in [-0.15, -0.1) is 0 Å². The van der Waals surface area contributed by atoms with Crippen LogP contribution in [0.25, 0.3) is 11.0 Å². The molecule has 0 amide bonds. The average molecular weight is 181 g/mol. The van der Waals surface area contributed by atoms with Crippen LogP contribution in [-0.2, 0) is 11.4 Å². The fourth-order valence-corrected chi connectivity index (χ4v) is 1.23. The number of furan rings is 1. The second kappa shape index (κ2) is 3.16. The Labute approximate surface area is 73.8 Å². The largest absolute Gasteiger partial charge is 0.464 e. The highest BCUT2D eigenvalue weighted by Crippen LogP contribution is 2.20. The number of fused-ring (bicyclic) bond motifs is 1. The fourth-order valence-electron chi connectivity index (χ4n) is 1.23. The lowest BCUT2D eigenvalue weighted by atomic mass is 10.1. The molecule has 1 aromatic heterocycles. The molecule has 0 unspecified atom stereocenters. The minimum Gasteiger partial charge on any atom is -0.464 e. The highest BCUT2D eigenvalue weighted by atomic mass is 19.1. The van der Waals surface area contributed by atoms with Gasteiger partial charge in [-0.25, -0.2) is 10.3 Å². The van der Waals surface area contributed by atoms with Crippen LogP contribution in [0.15, 0.2) is 28.9 Å². The van der Waals surface area contributed by atoms with E-state index < -0.39 is 0 Å². The molecule has 2 N–H and O–H groups in total. The Balaban J connectivity index is 2.56. The summed E-state index contributed by atoms with van der Waals surface area (Å²) in [5.41, 5.74) is 0.953. The van der Waals surface area contributed by atoms with Crippen LogP contribution in [0.4, 0.5) is 4.39 Å². The van der Waals surface area contributed by atoms with Gasteiger partial charge in [0.15, 0.2) is 0 Å². The molecule has 0 aliphatic rings.